The Morgan fingerprint density at radius 1 is 1.28 bits per heavy atom. The lowest BCUT2D eigenvalue weighted by molar-refractivity contribution is -0.132. The maximum atomic E-state index is 12.9. The molecule has 1 aromatic rings. The van der Waals surface area contributed by atoms with Crippen LogP contribution in [-0.2, 0) is 16.1 Å². The molecule has 2 aliphatic heterocycles. The third kappa shape index (κ3) is 3.31. The van der Waals surface area contributed by atoms with Gasteiger partial charge in [0.25, 0.3) is 0 Å². The van der Waals surface area contributed by atoms with E-state index >= 15 is 0 Å². The van der Waals surface area contributed by atoms with Crippen LogP contribution in [0.3, 0.4) is 0 Å². The summed E-state index contributed by atoms with van der Waals surface area (Å²) >= 11 is 1.55. The maximum absolute atomic E-state index is 12.9. The van der Waals surface area contributed by atoms with Crippen LogP contribution in [-0.4, -0.2) is 53.0 Å². The number of nitrogens with zero attached hydrogens (tertiary/aromatic N) is 3. The van der Waals surface area contributed by atoms with Crippen molar-refractivity contribution in [3.05, 3.63) is 16.6 Å². The fourth-order valence-corrected chi connectivity index (χ4v) is 5.34. The topological polar surface area (TPSA) is 62.7 Å². The number of hydrogen-bond acceptors (Lipinski definition) is 5. The fraction of sp³-hybridized carbons (Fsp3) is 0.722. The van der Waals surface area contributed by atoms with Crippen molar-refractivity contribution in [3.8, 4) is 0 Å². The third-order valence-electron chi connectivity index (χ3n) is 6.21. The molecule has 1 unspecified atom stereocenters. The summed E-state index contributed by atoms with van der Waals surface area (Å²) < 4.78 is 5.55. The Bertz CT molecular complexity index is 628. The summed E-state index contributed by atoms with van der Waals surface area (Å²) in [6.07, 6.45) is 7.89. The molecule has 3 amide bonds. The number of imide groups is 1. The van der Waals surface area contributed by atoms with Gasteiger partial charge in [-0.1, -0.05) is 6.42 Å². The molecule has 1 saturated carbocycles. The number of rotatable bonds is 4. The second-order valence-electron chi connectivity index (χ2n) is 7.49. The summed E-state index contributed by atoms with van der Waals surface area (Å²) in [4.78, 5) is 33.8. The highest BCUT2D eigenvalue weighted by molar-refractivity contribution is 7.09. The predicted molar refractivity (Wildman–Crippen MR) is 94.1 cm³/mol. The average molecular weight is 363 g/mol. The molecule has 4 rings (SSSR count). The molecule has 1 aliphatic carbocycles. The van der Waals surface area contributed by atoms with Crippen LogP contribution in [0.5, 0.6) is 0 Å². The number of urea groups is 1. The third-order valence-corrected chi connectivity index (χ3v) is 6.98. The lowest BCUT2D eigenvalue weighted by Gasteiger charge is -2.42. The summed E-state index contributed by atoms with van der Waals surface area (Å²) in [5.74, 6) is 0.410. The van der Waals surface area contributed by atoms with Gasteiger partial charge in [0.15, 0.2) is 0 Å². The molecule has 3 fully saturated rings. The number of ether oxygens (including phenoxy) is 1. The van der Waals surface area contributed by atoms with Crippen LogP contribution < -0.4 is 0 Å². The van der Waals surface area contributed by atoms with E-state index < -0.39 is 0 Å². The number of hydrogen-bond donors (Lipinski definition) is 0. The second-order valence-corrected chi connectivity index (χ2v) is 8.46. The summed E-state index contributed by atoms with van der Waals surface area (Å²) in [5.41, 5.74) is 2.05. The van der Waals surface area contributed by atoms with Gasteiger partial charge in [0, 0.05) is 43.8 Å². The standard InChI is InChI=1S/C18H25N3O3S/c22-16-3-7-20(12-15-10-19-13-25-15)17(23)21(16)11-14-2-1-4-18(14)5-8-24-9-6-18/h10,13-14H,1-9,11-12H2. The minimum absolute atomic E-state index is 0.0142. The Hall–Kier alpha value is -1.47. The Balaban J connectivity index is 1.46. The minimum atomic E-state index is -0.126. The molecule has 0 bridgehead atoms. The monoisotopic (exact) mass is 363 g/mol. The van der Waals surface area contributed by atoms with Crippen LogP contribution in [0.4, 0.5) is 4.79 Å². The Morgan fingerprint density at radius 2 is 2.12 bits per heavy atom. The first-order valence-electron chi connectivity index (χ1n) is 9.22. The molecular weight excluding hydrogens is 338 g/mol. The van der Waals surface area contributed by atoms with Crippen LogP contribution in [0.15, 0.2) is 11.7 Å². The zero-order valence-electron chi connectivity index (χ0n) is 14.5. The van der Waals surface area contributed by atoms with E-state index in [2.05, 4.69) is 4.98 Å². The SMILES string of the molecule is O=C1CCN(Cc2cncs2)C(=O)N1CC1CCCC12CCOCC2. The van der Waals surface area contributed by atoms with E-state index in [0.717, 1.165) is 37.4 Å². The van der Waals surface area contributed by atoms with Crippen LogP contribution in [0.1, 0.15) is 43.4 Å². The fourth-order valence-electron chi connectivity index (χ4n) is 4.73. The van der Waals surface area contributed by atoms with Gasteiger partial charge in [-0.05, 0) is 37.0 Å². The highest BCUT2D eigenvalue weighted by Crippen LogP contribution is 2.50. The zero-order chi connectivity index (χ0) is 17.3. The molecule has 3 heterocycles. The van der Waals surface area contributed by atoms with Crippen molar-refractivity contribution >= 4 is 23.3 Å². The van der Waals surface area contributed by atoms with E-state index in [1.165, 1.54) is 17.7 Å². The number of carbonyl (C=O) groups is 2. The summed E-state index contributed by atoms with van der Waals surface area (Å²) in [5, 5.41) is 0. The van der Waals surface area contributed by atoms with Gasteiger partial charge in [-0.3, -0.25) is 14.7 Å². The highest BCUT2D eigenvalue weighted by atomic mass is 32.1. The molecule has 2 saturated heterocycles. The van der Waals surface area contributed by atoms with Gasteiger partial charge in [0.2, 0.25) is 5.91 Å². The van der Waals surface area contributed by atoms with Crippen LogP contribution in [0.2, 0.25) is 0 Å². The summed E-state index contributed by atoms with van der Waals surface area (Å²) in [6.45, 7) is 3.27. The number of amides is 3. The molecule has 1 atom stereocenters. The molecule has 0 aromatic carbocycles. The van der Waals surface area contributed by atoms with E-state index in [4.69, 9.17) is 4.74 Å². The molecule has 3 aliphatic rings. The minimum Gasteiger partial charge on any atom is -0.381 e. The Morgan fingerprint density at radius 3 is 2.88 bits per heavy atom. The molecule has 136 valence electrons. The van der Waals surface area contributed by atoms with E-state index in [1.807, 2.05) is 0 Å². The normalized spacial score (nSPS) is 26.6. The van der Waals surface area contributed by atoms with Gasteiger partial charge in [-0.2, -0.15) is 0 Å². The lowest BCUT2D eigenvalue weighted by atomic mass is 9.71. The Kier molecular flexibility index (Phi) is 4.78. The molecule has 7 heteroatoms. The molecule has 0 radical (unpaired) electrons. The van der Waals surface area contributed by atoms with Gasteiger partial charge >= 0.3 is 6.03 Å². The van der Waals surface area contributed by atoms with Crippen molar-refractivity contribution in [2.75, 3.05) is 26.3 Å². The van der Waals surface area contributed by atoms with Crippen LogP contribution in [0.25, 0.3) is 0 Å². The van der Waals surface area contributed by atoms with E-state index in [9.17, 15) is 9.59 Å². The molecular formula is C18H25N3O3S. The van der Waals surface area contributed by atoms with Gasteiger partial charge in [0.05, 0.1) is 12.1 Å². The molecule has 1 spiro atoms. The van der Waals surface area contributed by atoms with E-state index in [1.54, 1.807) is 27.9 Å². The first-order chi connectivity index (χ1) is 12.2. The first kappa shape index (κ1) is 17.0. The molecule has 25 heavy (non-hydrogen) atoms. The van der Waals surface area contributed by atoms with Crippen molar-refractivity contribution < 1.29 is 14.3 Å². The maximum Gasteiger partial charge on any atom is 0.327 e. The number of aromatic nitrogens is 1. The van der Waals surface area contributed by atoms with Crippen molar-refractivity contribution in [1.29, 1.82) is 0 Å². The van der Waals surface area contributed by atoms with Crippen molar-refractivity contribution in [2.24, 2.45) is 11.3 Å². The predicted octanol–water partition coefficient (Wildman–Crippen LogP) is 2.89. The van der Waals surface area contributed by atoms with Crippen LogP contribution in [0, 0.1) is 11.3 Å². The van der Waals surface area contributed by atoms with Gasteiger partial charge in [0.1, 0.15) is 0 Å². The highest BCUT2D eigenvalue weighted by Gasteiger charge is 2.46. The van der Waals surface area contributed by atoms with Crippen LogP contribution >= 0.6 is 11.3 Å². The summed E-state index contributed by atoms with van der Waals surface area (Å²) in [6, 6.07) is -0.126. The first-order valence-corrected chi connectivity index (χ1v) is 10.1. The number of carbonyl (C=O) groups excluding carboxylic acids is 2. The van der Waals surface area contributed by atoms with Crippen molar-refractivity contribution in [1.82, 2.24) is 14.8 Å². The summed E-state index contributed by atoms with van der Waals surface area (Å²) in [7, 11) is 0. The smallest absolute Gasteiger partial charge is 0.327 e. The average Bonchev–Trinajstić information content (AvgIpc) is 3.26. The van der Waals surface area contributed by atoms with E-state index in [-0.39, 0.29) is 17.4 Å². The van der Waals surface area contributed by atoms with Crippen molar-refractivity contribution in [3.63, 3.8) is 0 Å². The Labute approximate surface area is 152 Å². The van der Waals surface area contributed by atoms with Gasteiger partial charge in [-0.15, -0.1) is 11.3 Å². The van der Waals surface area contributed by atoms with Gasteiger partial charge < -0.3 is 9.64 Å². The van der Waals surface area contributed by atoms with Gasteiger partial charge in [-0.25, -0.2) is 4.79 Å². The molecule has 0 N–H and O–H groups in total. The largest absolute Gasteiger partial charge is 0.381 e. The number of thiazole rings is 1. The van der Waals surface area contributed by atoms with Crippen molar-refractivity contribution in [2.45, 2.75) is 45.1 Å². The van der Waals surface area contributed by atoms with E-state index in [0.29, 0.717) is 32.0 Å². The quantitative estimate of drug-likeness (QED) is 0.825. The molecule has 1 aromatic heterocycles. The lowest BCUT2D eigenvalue weighted by Crippen LogP contribution is -2.54. The molecule has 6 nitrogen and oxygen atoms in total. The zero-order valence-corrected chi connectivity index (χ0v) is 15.3. The second kappa shape index (κ2) is 7.03.